The molecule has 0 aliphatic rings. The Kier molecular flexibility index (Phi) is 5.05. The lowest BCUT2D eigenvalue weighted by molar-refractivity contribution is 0.583. The number of unbranched alkanes of at least 4 members (excludes halogenated alkanes) is 1. The molecule has 0 bridgehead atoms. The zero-order valence-corrected chi connectivity index (χ0v) is 14.3. The van der Waals surface area contributed by atoms with Gasteiger partial charge in [-0.1, -0.05) is 13.3 Å². The normalized spacial score (nSPS) is 12.1. The van der Waals surface area contributed by atoms with E-state index in [0.717, 1.165) is 29.7 Å². The maximum atomic E-state index is 11.9. The van der Waals surface area contributed by atoms with Crippen LogP contribution in [0.1, 0.15) is 37.6 Å². The van der Waals surface area contributed by atoms with Crippen LogP contribution in [0.5, 0.6) is 0 Å². The molecule has 0 atom stereocenters. The maximum Gasteiger partial charge on any atom is 0.151 e. The first-order valence-electron chi connectivity index (χ1n) is 7.64. The zero-order chi connectivity index (χ0) is 16.3. The molecule has 0 aliphatic carbocycles. The number of anilines is 1. The molecule has 6 nitrogen and oxygen atoms in total. The zero-order valence-electron chi connectivity index (χ0n) is 13.5. The van der Waals surface area contributed by atoms with Crippen LogP contribution >= 0.6 is 0 Å². The molecular formula is C15H24N4O2S. The summed E-state index contributed by atoms with van der Waals surface area (Å²) in [6.45, 7) is 6.49. The van der Waals surface area contributed by atoms with Crippen molar-refractivity contribution in [1.82, 2.24) is 14.5 Å². The predicted molar refractivity (Wildman–Crippen MR) is 89.6 cm³/mol. The van der Waals surface area contributed by atoms with Crippen molar-refractivity contribution in [2.24, 2.45) is 0 Å². The van der Waals surface area contributed by atoms with Gasteiger partial charge < -0.3 is 10.3 Å². The number of nitrogen functional groups attached to an aromatic ring is 1. The molecule has 2 aromatic rings. The van der Waals surface area contributed by atoms with Crippen molar-refractivity contribution in [2.75, 3.05) is 17.2 Å². The number of pyridine rings is 1. The molecule has 22 heavy (non-hydrogen) atoms. The Bertz CT molecular complexity index is 765. The number of imidazole rings is 1. The summed E-state index contributed by atoms with van der Waals surface area (Å²) in [5, 5.41) is 0. The summed E-state index contributed by atoms with van der Waals surface area (Å²) < 4.78 is 25.9. The van der Waals surface area contributed by atoms with Crippen molar-refractivity contribution in [3.05, 3.63) is 17.6 Å². The van der Waals surface area contributed by atoms with E-state index < -0.39 is 9.84 Å². The van der Waals surface area contributed by atoms with Crippen molar-refractivity contribution < 1.29 is 8.42 Å². The first-order valence-corrected chi connectivity index (χ1v) is 9.46. The van der Waals surface area contributed by atoms with Gasteiger partial charge in [0.1, 0.15) is 21.2 Å². The van der Waals surface area contributed by atoms with Gasteiger partial charge in [-0.05, 0) is 32.3 Å². The van der Waals surface area contributed by atoms with E-state index in [9.17, 15) is 8.42 Å². The second-order valence-corrected chi connectivity index (χ2v) is 8.00. The number of hydrogen-bond acceptors (Lipinski definition) is 5. The molecule has 7 heteroatoms. The number of sulfone groups is 1. The second-order valence-electron chi connectivity index (χ2n) is 5.69. The van der Waals surface area contributed by atoms with Crippen LogP contribution in [-0.4, -0.2) is 34.5 Å². The molecule has 0 amide bonds. The molecule has 0 saturated carbocycles. The van der Waals surface area contributed by atoms with Crippen LogP contribution in [0.3, 0.4) is 0 Å². The Balaban J connectivity index is 2.16. The van der Waals surface area contributed by atoms with Gasteiger partial charge in [-0.2, -0.15) is 0 Å². The molecule has 2 heterocycles. The van der Waals surface area contributed by atoms with E-state index in [1.807, 2.05) is 25.3 Å². The maximum absolute atomic E-state index is 11.9. The fourth-order valence-electron chi connectivity index (χ4n) is 2.61. The fourth-order valence-corrected chi connectivity index (χ4v) is 4.12. The van der Waals surface area contributed by atoms with Crippen LogP contribution in [-0.2, 0) is 16.4 Å². The van der Waals surface area contributed by atoms with E-state index in [-0.39, 0.29) is 11.5 Å². The minimum absolute atomic E-state index is 0.214. The summed E-state index contributed by atoms with van der Waals surface area (Å²) in [7, 11) is -2.95. The predicted octanol–water partition coefficient (Wildman–Crippen LogP) is 2.24. The van der Waals surface area contributed by atoms with Crippen LogP contribution < -0.4 is 5.73 Å². The van der Waals surface area contributed by atoms with E-state index in [2.05, 4.69) is 9.97 Å². The van der Waals surface area contributed by atoms with Crippen molar-refractivity contribution in [3.8, 4) is 0 Å². The summed E-state index contributed by atoms with van der Waals surface area (Å²) in [6.07, 6.45) is 3.94. The van der Waals surface area contributed by atoms with Gasteiger partial charge in [0.15, 0.2) is 5.82 Å². The van der Waals surface area contributed by atoms with E-state index in [0.29, 0.717) is 24.3 Å². The smallest absolute Gasteiger partial charge is 0.151 e. The minimum Gasteiger partial charge on any atom is -0.382 e. The third-order valence-electron chi connectivity index (χ3n) is 3.82. The van der Waals surface area contributed by atoms with Gasteiger partial charge >= 0.3 is 0 Å². The van der Waals surface area contributed by atoms with E-state index in [4.69, 9.17) is 5.73 Å². The molecule has 0 aliphatic heterocycles. The lowest BCUT2D eigenvalue weighted by atomic mass is 10.2. The summed E-state index contributed by atoms with van der Waals surface area (Å²) in [4.78, 5) is 8.58. The second kappa shape index (κ2) is 6.64. The highest BCUT2D eigenvalue weighted by Crippen LogP contribution is 2.23. The third-order valence-corrected chi connectivity index (χ3v) is 5.64. The molecule has 2 N–H and O–H groups in total. The molecule has 0 radical (unpaired) electrons. The molecule has 122 valence electrons. The number of aryl methyl sites for hydroxylation is 3. The van der Waals surface area contributed by atoms with Crippen LogP contribution in [0.15, 0.2) is 6.20 Å². The Morgan fingerprint density at radius 1 is 1.23 bits per heavy atom. The molecule has 0 fully saturated rings. The molecule has 0 spiro atoms. The topological polar surface area (TPSA) is 90.9 Å². The SMILES string of the molecule is CCCCS(=O)(=O)CCCn1c(C)nc2c(N)ncc(C)c21. The first-order chi connectivity index (χ1) is 10.4. The van der Waals surface area contributed by atoms with Gasteiger partial charge in [-0.15, -0.1) is 0 Å². The average molecular weight is 324 g/mol. The number of rotatable bonds is 7. The fraction of sp³-hybridized carbons (Fsp3) is 0.600. The van der Waals surface area contributed by atoms with Crippen molar-refractivity contribution in [2.45, 2.75) is 46.6 Å². The Labute approximate surface area is 131 Å². The van der Waals surface area contributed by atoms with Crippen LogP contribution in [0.4, 0.5) is 5.82 Å². The molecule has 2 aromatic heterocycles. The number of nitrogens with two attached hydrogens (primary N) is 1. The van der Waals surface area contributed by atoms with Crippen LogP contribution in [0.25, 0.3) is 11.0 Å². The highest BCUT2D eigenvalue weighted by Gasteiger charge is 2.15. The van der Waals surface area contributed by atoms with E-state index in [1.165, 1.54) is 0 Å². The van der Waals surface area contributed by atoms with Crippen molar-refractivity contribution in [3.63, 3.8) is 0 Å². The summed E-state index contributed by atoms with van der Waals surface area (Å²) in [5.41, 5.74) is 8.53. The summed E-state index contributed by atoms with van der Waals surface area (Å²) in [6, 6.07) is 0. The van der Waals surface area contributed by atoms with E-state index in [1.54, 1.807) is 6.20 Å². The molecule has 0 aromatic carbocycles. The monoisotopic (exact) mass is 324 g/mol. The first kappa shape index (κ1) is 16.7. The number of fused-ring (bicyclic) bond motifs is 1. The Hall–Kier alpha value is -1.63. The van der Waals surface area contributed by atoms with Gasteiger partial charge in [-0.3, -0.25) is 0 Å². The Morgan fingerprint density at radius 2 is 1.91 bits per heavy atom. The highest BCUT2D eigenvalue weighted by atomic mass is 32.2. The quantitative estimate of drug-likeness (QED) is 0.843. The number of aromatic nitrogens is 3. The minimum atomic E-state index is -2.95. The summed E-state index contributed by atoms with van der Waals surface area (Å²) in [5.74, 6) is 1.75. The van der Waals surface area contributed by atoms with Crippen LogP contribution in [0, 0.1) is 13.8 Å². The lowest BCUT2D eigenvalue weighted by Gasteiger charge is -2.09. The highest BCUT2D eigenvalue weighted by molar-refractivity contribution is 7.91. The number of nitrogens with zero attached hydrogens (tertiary/aromatic N) is 3. The van der Waals surface area contributed by atoms with E-state index >= 15 is 0 Å². The van der Waals surface area contributed by atoms with Gasteiger partial charge in [0, 0.05) is 12.7 Å². The third kappa shape index (κ3) is 3.58. The molecule has 0 unspecified atom stereocenters. The van der Waals surface area contributed by atoms with Crippen LogP contribution in [0.2, 0.25) is 0 Å². The van der Waals surface area contributed by atoms with Crippen molar-refractivity contribution >= 4 is 26.7 Å². The van der Waals surface area contributed by atoms with Crippen molar-refractivity contribution in [1.29, 1.82) is 0 Å². The van der Waals surface area contributed by atoms with Gasteiger partial charge in [0.2, 0.25) is 0 Å². The molecule has 2 rings (SSSR count). The standard InChI is InChI=1S/C15H24N4O2S/c1-4-5-8-22(20,21)9-6-7-19-12(3)18-13-14(19)11(2)10-17-15(13)16/h10H,4-9H2,1-3H3,(H2,16,17). The average Bonchev–Trinajstić information content (AvgIpc) is 2.79. The Morgan fingerprint density at radius 3 is 2.59 bits per heavy atom. The van der Waals surface area contributed by atoms with Gasteiger partial charge in [0.25, 0.3) is 0 Å². The number of hydrogen-bond donors (Lipinski definition) is 1. The van der Waals surface area contributed by atoms with Gasteiger partial charge in [-0.25, -0.2) is 18.4 Å². The lowest BCUT2D eigenvalue weighted by Crippen LogP contribution is -2.13. The van der Waals surface area contributed by atoms with Gasteiger partial charge in [0.05, 0.1) is 17.0 Å². The largest absolute Gasteiger partial charge is 0.382 e. The summed E-state index contributed by atoms with van der Waals surface area (Å²) >= 11 is 0. The molecule has 0 saturated heterocycles. The molecular weight excluding hydrogens is 300 g/mol.